The first-order chi connectivity index (χ1) is 14.6. The van der Waals surface area contributed by atoms with E-state index < -0.39 is 0 Å². The van der Waals surface area contributed by atoms with E-state index in [2.05, 4.69) is 0 Å². The topological polar surface area (TPSA) is 73.7 Å². The van der Waals surface area contributed by atoms with Gasteiger partial charge in [0.1, 0.15) is 18.1 Å². The van der Waals surface area contributed by atoms with Gasteiger partial charge in [0.15, 0.2) is 0 Å². The van der Waals surface area contributed by atoms with Crippen LogP contribution in [0.15, 0.2) is 48.5 Å². The number of benzene rings is 2. The van der Waals surface area contributed by atoms with Gasteiger partial charge in [-0.1, -0.05) is 12.1 Å². The summed E-state index contributed by atoms with van der Waals surface area (Å²) in [5, 5.41) is 0. The Kier molecular flexibility index (Phi) is 5.70. The smallest absolute Gasteiger partial charge is 0.326 e. The van der Waals surface area contributed by atoms with Crippen molar-refractivity contribution in [1.29, 1.82) is 0 Å². The lowest BCUT2D eigenvalue weighted by Gasteiger charge is -2.18. The number of aromatic nitrogens is 2. The Balaban J connectivity index is 1.62. The molecule has 30 heavy (non-hydrogen) atoms. The summed E-state index contributed by atoms with van der Waals surface area (Å²) < 4.78 is 12.5. The third-order valence-corrected chi connectivity index (χ3v) is 5.23. The molecule has 1 unspecified atom stereocenters. The Bertz CT molecular complexity index is 1060. The Labute approximate surface area is 175 Å². The summed E-state index contributed by atoms with van der Waals surface area (Å²) in [7, 11) is 0. The van der Waals surface area contributed by atoms with Gasteiger partial charge in [0, 0.05) is 24.6 Å². The first-order valence-electron chi connectivity index (χ1n) is 10.2. The van der Waals surface area contributed by atoms with Crippen molar-refractivity contribution in [2.75, 3.05) is 24.7 Å². The first-order valence-corrected chi connectivity index (χ1v) is 10.2. The van der Waals surface area contributed by atoms with Crippen molar-refractivity contribution < 1.29 is 19.1 Å². The van der Waals surface area contributed by atoms with Crippen LogP contribution in [0.2, 0.25) is 0 Å². The molecule has 0 aliphatic carbocycles. The number of carbonyl (C=O) groups excluding carboxylic acids is 2. The number of rotatable bonds is 7. The van der Waals surface area contributed by atoms with Gasteiger partial charge in [0.2, 0.25) is 5.91 Å². The number of esters is 1. The van der Waals surface area contributed by atoms with E-state index in [0.717, 1.165) is 28.3 Å². The highest BCUT2D eigenvalue weighted by molar-refractivity contribution is 5.96. The van der Waals surface area contributed by atoms with Crippen LogP contribution in [0, 0.1) is 0 Å². The van der Waals surface area contributed by atoms with Crippen LogP contribution in [0.5, 0.6) is 5.75 Å². The number of imidazole rings is 1. The normalized spacial score (nSPS) is 16.3. The summed E-state index contributed by atoms with van der Waals surface area (Å²) in [6.45, 7) is 5.24. The number of amides is 1. The van der Waals surface area contributed by atoms with Crippen LogP contribution >= 0.6 is 0 Å². The van der Waals surface area contributed by atoms with Gasteiger partial charge in [-0.05, 0) is 50.2 Å². The Morgan fingerprint density at radius 3 is 2.60 bits per heavy atom. The fourth-order valence-corrected chi connectivity index (χ4v) is 3.93. The van der Waals surface area contributed by atoms with E-state index in [-0.39, 0.29) is 24.3 Å². The molecule has 0 radical (unpaired) electrons. The van der Waals surface area contributed by atoms with Crippen LogP contribution in [0.1, 0.15) is 32.0 Å². The number of fused-ring (bicyclic) bond motifs is 1. The van der Waals surface area contributed by atoms with E-state index >= 15 is 0 Å². The summed E-state index contributed by atoms with van der Waals surface area (Å²) in [4.78, 5) is 31.5. The number of para-hydroxylation sites is 2. The second-order valence-electron chi connectivity index (χ2n) is 7.18. The van der Waals surface area contributed by atoms with Crippen molar-refractivity contribution in [2.45, 2.75) is 32.7 Å². The highest BCUT2D eigenvalue weighted by atomic mass is 16.5. The molecule has 1 aliphatic rings. The molecule has 4 rings (SSSR count). The van der Waals surface area contributed by atoms with Crippen molar-refractivity contribution in [3.63, 3.8) is 0 Å². The van der Waals surface area contributed by atoms with Crippen molar-refractivity contribution in [3.8, 4) is 5.75 Å². The monoisotopic (exact) mass is 407 g/mol. The summed E-state index contributed by atoms with van der Waals surface area (Å²) >= 11 is 0. The maximum absolute atomic E-state index is 12.8. The second kappa shape index (κ2) is 8.57. The van der Waals surface area contributed by atoms with Gasteiger partial charge >= 0.3 is 5.97 Å². The molecule has 7 nitrogen and oxygen atoms in total. The summed E-state index contributed by atoms with van der Waals surface area (Å²) in [5.74, 6) is 1.14. The molecule has 3 aromatic rings. The zero-order chi connectivity index (χ0) is 21.1. The largest absolute Gasteiger partial charge is 0.494 e. The molecular formula is C23H25N3O4. The van der Waals surface area contributed by atoms with E-state index in [0.29, 0.717) is 26.2 Å². The molecule has 0 N–H and O–H groups in total. The van der Waals surface area contributed by atoms with Crippen LogP contribution in [-0.2, 0) is 20.9 Å². The van der Waals surface area contributed by atoms with Gasteiger partial charge in [-0.25, -0.2) is 4.98 Å². The zero-order valence-corrected chi connectivity index (χ0v) is 17.2. The SMILES string of the molecule is CCOC(=O)Cn1c(C2CC(=O)N(c3ccc(OCC)cc3)C2)nc2ccccc21. The third-order valence-electron chi connectivity index (χ3n) is 5.23. The van der Waals surface area contributed by atoms with Crippen molar-refractivity contribution in [1.82, 2.24) is 9.55 Å². The lowest BCUT2D eigenvalue weighted by Crippen LogP contribution is -2.24. The molecule has 0 spiro atoms. The number of carbonyl (C=O) groups is 2. The average Bonchev–Trinajstić information content (AvgIpc) is 3.30. The minimum absolute atomic E-state index is 0.0406. The molecule has 1 saturated heterocycles. The molecule has 1 aliphatic heterocycles. The standard InChI is InChI=1S/C23H25N3O4/c1-3-29-18-11-9-17(10-12-18)25-14-16(13-21(25)27)23-24-19-7-5-6-8-20(19)26(23)15-22(28)30-4-2/h5-12,16H,3-4,13-15H2,1-2H3. The van der Waals surface area contributed by atoms with Crippen LogP contribution in [0.4, 0.5) is 5.69 Å². The number of hydrogen-bond donors (Lipinski definition) is 0. The van der Waals surface area contributed by atoms with Gasteiger partial charge < -0.3 is 18.9 Å². The maximum atomic E-state index is 12.8. The lowest BCUT2D eigenvalue weighted by atomic mass is 10.1. The highest BCUT2D eigenvalue weighted by Gasteiger charge is 2.35. The molecular weight excluding hydrogens is 382 g/mol. The van der Waals surface area contributed by atoms with Gasteiger partial charge in [0.05, 0.1) is 24.2 Å². The first kappa shape index (κ1) is 19.9. The molecule has 7 heteroatoms. The number of anilines is 1. The number of hydrogen-bond acceptors (Lipinski definition) is 5. The third kappa shape index (κ3) is 3.87. The van der Waals surface area contributed by atoms with Gasteiger partial charge in [-0.2, -0.15) is 0 Å². The maximum Gasteiger partial charge on any atom is 0.326 e. The summed E-state index contributed by atoms with van der Waals surface area (Å²) in [6.07, 6.45) is 0.347. The van der Waals surface area contributed by atoms with Crippen LogP contribution in [0.25, 0.3) is 11.0 Å². The molecule has 156 valence electrons. The van der Waals surface area contributed by atoms with E-state index in [1.165, 1.54) is 0 Å². The predicted octanol–water partition coefficient (Wildman–Crippen LogP) is 3.52. The molecule has 1 amide bonds. The molecule has 1 atom stereocenters. The van der Waals surface area contributed by atoms with Crippen LogP contribution in [0.3, 0.4) is 0 Å². The van der Waals surface area contributed by atoms with E-state index in [4.69, 9.17) is 14.5 Å². The van der Waals surface area contributed by atoms with E-state index in [1.54, 1.807) is 11.8 Å². The molecule has 0 bridgehead atoms. The van der Waals surface area contributed by atoms with E-state index in [9.17, 15) is 9.59 Å². The Hall–Kier alpha value is -3.35. The van der Waals surface area contributed by atoms with E-state index in [1.807, 2.05) is 60.0 Å². The van der Waals surface area contributed by atoms with Gasteiger partial charge in [-0.3, -0.25) is 9.59 Å². The number of nitrogens with zero attached hydrogens (tertiary/aromatic N) is 3. The van der Waals surface area contributed by atoms with Crippen molar-refractivity contribution in [3.05, 3.63) is 54.4 Å². The van der Waals surface area contributed by atoms with Crippen molar-refractivity contribution >= 4 is 28.6 Å². The highest BCUT2D eigenvalue weighted by Crippen LogP contribution is 2.33. The van der Waals surface area contributed by atoms with Gasteiger partial charge in [-0.15, -0.1) is 0 Å². The molecule has 2 aromatic carbocycles. The van der Waals surface area contributed by atoms with Crippen molar-refractivity contribution in [2.24, 2.45) is 0 Å². The summed E-state index contributed by atoms with van der Waals surface area (Å²) in [6, 6.07) is 15.2. The van der Waals surface area contributed by atoms with Crippen LogP contribution in [-0.4, -0.2) is 41.2 Å². The Morgan fingerprint density at radius 1 is 1.10 bits per heavy atom. The molecule has 0 saturated carbocycles. The fraction of sp³-hybridized carbons (Fsp3) is 0.348. The Morgan fingerprint density at radius 2 is 1.87 bits per heavy atom. The molecule has 2 heterocycles. The predicted molar refractivity (Wildman–Crippen MR) is 114 cm³/mol. The fourth-order valence-electron chi connectivity index (χ4n) is 3.93. The lowest BCUT2D eigenvalue weighted by molar-refractivity contribution is -0.143. The minimum atomic E-state index is -0.311. The molecule has 1 fully saturated rings. The second-order valence-corrected chi connectivity index (χ2v) is 7.18. The van der Waals surface area contributed by atoms with Crippen LogP contribution < -0.4 is 9.64 Å². The minimum Gasteiger partial charge on any atom is -0.494 e. The van der Waals surface area contributed by atoms with Gasteiger partial charge in [0.25, 0.3) is 0 Å². The average molecular weight is 407 g/mol. The quantitative estimate of drug-likeness (QED) is 0.560. The molecule has 1 aromatic heterocycles. The number of ether oxygens (including phenoxy) is 2. The zero-order valence-electron chi connectivity index (χ0n) is 17.2. The summed E-state index contributed by atoms with van der Waals surface area (Å²) in [5.41, 5.74) is 2.51.